The Morgan fingerprint density at radius 2 is 1.81 bits per heavy atom. The molecule has 1 saturated carbocycles. The molecule has 0 radical (unpaired) electrons. The summed E-state index contributed by atoms with van der Waals surface area (Å²) in [4.78, 5) is 2.79. The van der Waals surface area contributed by atoms with Crippen LogP contribution >= 0.6 is 0 Å². The first-order valence-electron chi connectivity index (χ1n) is 7.03. The third-order valence-electron chi connectivity index (χ3n) is 4.55. The van der Waals surface area contributed by atoms with Gasteiger partial charge in [0.15, 0.2) is 0 Å². The van der Waals surface area contributed by atoms with Crippen molar-refractivity contribution >= 4 is 0 Å². The molecule has 3 fully saturated rings. The van der Waals surface area contributed by atoms with Crippen LogP contribution in [-0.2, 0) is 4.74 Å². The highest BCUT2D eigenvalue weighted by molar-refractivity contribution is 4.91. The molecule has 0 bridgehead atoms. The molecule has 0 spiro atoms. The number of nitrogens with one attached hydrogen (secondary N) is 1. The number of hydrogen-bond acceptors (Lipinski definition) is 3. The van der Waals surface area contributed by atoms with Crippen molar-refractivity contribution in [2.24, 2.45) is 0 Å². The SMILES string of the molecule is C1CCC2C(C1)OCCN2C1CCNCC1. The van der Waals surface area contributed by atoms with Crippen LogP contribution in [0.5, 0.6) is 0 Å². The summed E-state index contributed by atoms with van der Waals surface area (Å²) in [6, 6.07) is 1.57. The van der Waals surface area contributed by atoms with E-state index in [2.05, 4.69) is 10.2 Å². The Hall–Kier alpha value is -0.120. The minimum atomic E-state index is 0.553. The van der Waals surface area contributed by atoms with E-state index in [9.17, 15) is 0 Å². The van der Waals surface area contributed by atoms with Crippen molar-refractivity contribution in [3.63, 3.8) is 0 Å². The van der Waals surface area contributed by atoms with Gasteiger partial charge in [-0.05, 0) is 38.8 Å². The third kappa shape index (κ3) is 2.13. The summed E-state index contributed by atoms with van der Waals surface area (Å²) in [6.07, 6.45) is 8.68. The fourth-order valence-electron chi connectivity index (χ4n) is 3.72. The molecule has 0 aromatic rings. The molecule has 0 aromatic carbocycles. The van der Waals surface area contributed by atoms with Gasteiger partial charge in [0.05, 0.1) is 12.7 Å². The van der Waals surface area contributed by atoms with Crippen molar-refractivity contribution in [3.8, 4) is 0 Å². The molecular formula is C13H24N2O. The van der Waals surface area contributed by atoms with Gasteiger partial charge in [-0.25, -0.2) is 0 Å². The average molecular weight is 224 g/mol. The molecule has 3 rings (SSSR count). The largest absolute Gasteiger partial charge is 0.375 e. The molecule has 16 heavy (non-hydrogen) atoms. The van der Waals surface area contributed by atoms with Gasteiger partial charge in [0.1, 0.15) is 0 Å². The Kier molecular flexibility index (Phi) is 3.46. The fourth-order valence-corrected chi connectivity index (χ4v) is 3.72. The maximum atomic E-state index is 5.95. The standard InChI is InChI=1S/C13H24N2O/c1-2-4-13-12(3-1)15(9-10-16-13)11-5-7-14-8-6-11/h11-14H,1-10H2. The van der Waals surface area contributed by atoms with Crippen LogP contribution in [0.15, 0.2) is 0 Å². The van der Waals surface area contributed by atoms with Gasteiger partial charge >= 0.3 is 0 Å². The quantitative estimate of drug-likeness (QED) is 0.728. The van der Waals surface area contributed by atoms with Crippen LogP contribution in [0, 0.1) is 0 Å². The van der Waals surface area contributed by atoms with Crippen LogP contribution in [-0.4, -0.2) is 49.3 Å². The summed E-state index contributed by atoms with van der Waals surface area (Å²) in [6.45, 7) is 4.55. The number of ether oxygens (including phenoxy) is 1. The molecule has 2 heterocycles. The van der Waals surface area contributed by atoms with Crippen LogP contribution in [0.4, 0.5) is 0 Å². The van der Waals surface area contributed by atoms with Gasteiger partial charge in [-0.3, -0.25) is 4.90 Å². The Morgan fingerprint density at radius 1 is 1.00 bits per heavy atom. The molecule has 3 nitrogen and oxygen atoms in total. The second-order valence-electron chi connectivity index (χ2n) is 5.48. The van der Waals surface area contributed by atoms with E-state index in [1.807, 2.05) is 0 Å². The normalized spacial score (nSPS) is 38.2. The number of rotatable bonds is 1. The van der Waals surface area contributed by atoms with E-state index < -0.39 is 0 Å². The maximum Gasteiger partial charge on any atom is 0.0731 e. The zero-order valence-electron chi connectivity index (χ0n) is 10.2. The first-order valence-corrected chi connectivity index (χ1v) is 7.03. The minimum Gasteiger partial charge on any atom is -0.375 e. The Bertz CT molecular complexity index is 226. The molecule has 0 amide bonds. The van der Waals surface area contributed by atoms with Gasteiger partial charge in [0.25, 0.3) is 0 Å². The second-order valence-corrected chi connectivity index (χ2v) is 5.48. The number of nitrogens with zero attached hydrogens (tertiary/aromatic N) is 1. The van der Waals surface area contributed by atoms with Crippen molar-refractivity contribution in [3.05, 3.63) is 0 Å². The monoisotopic (exact) mass is 224 g/mol. The molecule has 2 atom stereocenters. The fraction of sp³-hybridized carbons (Fsp3) is 1.00. The number of hydrogen-bond donors (Lipinski definition) is 1. The van der Waals surface area contributed by atoms with Crippen LogP contribution < -0.4 is 5.32 Å². The summed E-state index contributed by atoms with van der Waals surface area (Å²) >= 11 is 0. The molecule has 2 aliphatic heterocycles. The van der Waals surface area contributed by atoms with Crippen molar-refractivity contribution < 1.29 is 4.74 Å². The van der Waals surface area contributed by atoms with Gasteiger partial charge in [0.2, 0.25) is 0 Å². The van der Waals surface area contributed by atoms with Crippen LogP contribution in [0.25, 0.3) is 0 Å². The molecule has 3 aliphatic rings. The van der Waals surface area contributed by atoms with E-state index in [4.69, 9.17) is 4.74 Å². The lowest BCUT2D eigenvalue weighted by molar-refractivity contribution is -0.105. The van der Waals surface area contributed by atoms with E-state index in [1.54, 1.807) is 0 Å². The molecule has 1 aliphatic carbocycles. The molecule has 3 heteroatoms. The van der Waals surface area contributed by atoms with Gasteiger partial charge < -0.3 is 10.1 Å². The van der Waals surface area contributed by atoms with Crippen LogP contribution in [0.1, 0.15) is 38.5 Å². The summed E-state index contributed by atoms with van der Waals surface area (Å²) in [5.41, 5.74) is 0. The van der Waals surface area contributed by atoms with E-state index in [1.165, 1.54) is 58.2 Å². The average Bonchev–Trinajstić information content (AvgIpc) is 2.39. The van der Waals surface area contributed by atoms with Gasteiger partial charge in [-0.15, -0.1) is 0 Å². The molecule has 0 aromatic heterocycles. The van der Waals surface area contributed by atoms with Gasteiger partial charge in [-0.1, -0.05) is 12.8 Å². The Morgan fingerprint density at radius 3 is 2.69 bits per heavy atom. The second kappa shape index (κ2) is 5.03. The summed E-state index contributed by atoms with van der Waals surface area (Å²) in [5.74, 6) is 0. The van der Waals surface area contributed by atoms with E-state index in [0.717, 1.165) is 18.7 Å². The topological polar surface area (TPSA) is 24.5 Å². The Balaban J connectivity index is 1.67. The van der Waals surface area contributed by atoms with Gasteiger partial charge in [-0.2, -0.15) is 0 Å². The Labute approximate surface area is 98.5 Å². The predicted octanol–water partition coefficient (Wildman–Crippen LogP) is 1.38. The lowest BCUT2D eigenvalue weighted by Gasteiger charge is -2.48. The van der Waals surface area contributed by atoms with Crippen molar-refractivity contribution in [2.45, 2.75) is 56.7 Å². The summed E-state index contributed by atoms with van der Waals surface area (Å²) in [5, 5.41) is 3.47. The minimum absolute atomic E-state index is 0.553. The van der Waals surface area contributed by atoms with E-state index in [-0.39, 0.29) is 0 Å². The zero-order valence-corrected chi connectivity index (χ0v) is 10.2. The van der Waals surface area contributed by atoms with Crippen LogP contribution in [0.3, 0.4) is 0 Å². The number of fused-ring (bicyclic) bond motifs is 1. The molecule has 92 valence electrons. The van der Waals surface area contributed by atoms with Crippen molar-refractivity contribution in [2.75, 3.05) is 26.2 Å². The molecule has 1 N–H and O–H groups in total. The lowest BCUT2D eigenvalue weighted by atomic mass is 9.88. The predicted molar refractivity (Wildman–Crippen MR) is 64.6 cm³/mol. The van der Waals surface area contributed by atoms with E-state index >= 15 is 0 Å². The van der Waals surface area contributed by atoms with E-state index in [0.29, 0.717) is 6.10 Å². The highest BCUT2D eigenvalue weighted by Crippen LogP contribution is 2.31. The summed E-state index contributed by atoms with van der Waals surface area (Å²) < 4.78 is 5.95. The number of piperidine rings is 1. The first-order chi connectivity index (χ1) is 7.95. The maximum absolute atomic E-state index is 5.95. The smallest absolute Gasteiger partial charge is 0.0731 e. The summed E-state index contributed by atoms with van der Waals surface area (Å²) in [7, 11) is 0. The molecule has 2 unspecified atom stereocenters. The zero-order chi connectivity index (χ0) is 10.8. The van der Waals surface area contributed by atoms with Crippen LogP contribution in [0.2, 0.25) is 0 Å². The molecular weight excluding hydrogens is 200 g/mol. The highest BCUT2D eigenvalue weighted by Gasteiger charge is 2.37. The van der Waals surface area contributed by atoms with Gasteiger partial charge in [0, 0.05) is 18.6 Å². The number of morpholine rings is 1. The third-order valence-corrected chi connectivity index (χ3v) is 4.55. The highest BCUT2D eigenvalue weighted by atomic mass is 16.5. The first kappa shape index (κ1) is 11.0. The lowest BCUT2D eigenvalue weighted by Crippen LogP contribution is -2.58. The molecule has 2 saturated heterocycles. The van der Waals surface area contributed by atoms with Crippen molar-refractivity contribution in [1.82, 2.24) is 10.2 Å². The van der Waals surface area contributed by atoms with Crippen molar-refractivity contribution in [1.29, 1.82) is 0 Å².